The fourth-order valence-electron chi connectivity index (χ4n) is 2.41. The number of sulfonamides is 1. The highest BCUT2D eigenvalue weighted by atomic mass is 32.2. The van der Waals surface area contributed by atoms with Crippen LogP contribution in [0.15, 0.2) is 0 Å². The van der Waals surface area contributed by atoms with Crippen LogP contribution in [0, 0.1) is 5.92 Å². The van der Waals surface area contributed by atoms with Crippen molar-refractivity contribution in [1.29, 1.82) is 0 Å². The fourth-order valence-corrected chi connectivity index (χ4v) is 3.55. The molecule has 1 aliphatic heterocycles. The van der Waals surface area contributed by atoms with E-state index < -0.39 is 16.0 Å². The monoisotopic (exact) mass is 350 g/mol. The number of piperidine rings is 1. The molecule has 1 rings (SSSR count). The van der Waals surface area contributed by atoms with E-state index >= 15 is 0 Å². The number of hydrogen-bond acceptors (Lipinski definition) is 6. The van der Waals surface area contributed by atoms with Crippen LogP contribution in [0.25, 0.3) is 0 Å². The molecule has 0 aromatic rings. The Morgan fingerprint density at radius 1 is 1.30 bits per heavy atom. The van der Waals surface area contributed by atoms with Gasteiger partial charge in [-0.05, 0) is 26.7 Å². The Bertz CT molecular complexity index is 499. The molecule has 1 saturated heterocycles. The lowest BCUT2D eigenvalue weighted by molar-refractivity contribution is -0.153. The molecule has 1 fully saturated rings. The minimum atomic E-state index is -3.21. The van der Waals surface area contributed by atoms with Gasteiger partial charge in [-0.15, -0.1) is 0 Å². The Morgan fingerprint density at radius 3 is 2.43 bits per heavy atom. The van der Waals surface area contributed by atoms with Crippen molar-refractivity contribution in [2.24, 2.45) is 5.92 Å². The minimum Gasteiger partial charge on any atom is -0.455 e. The number of nitrogens with one attached hydrogen (secondary N) is 1. The zero-order chi connectivity index (χ0) is 17.5. The van der Waals surface area contributed by atoms with Gasteiger partial charge in [0.15, 0.2) is 6.61 Å². The van der Waals surface area contributed by atoms with Crippen LogP contribution in [0.5, 0.6) is 0 Å². The molecule has 8 nitrogen and oxygen atoms in total. The maximum absolute atomic E-state index is 11.9. The number of ether oxygens (including phenoxy) is 2. The molecule has 0 spiro atoms. The van der Waals surface area contributed by atoms with Crippen molar-refractivity contribution in [3.63, 3.8) is 0 Å². The van der Waals surface area contributed by atoms with Gasteiger partial charge in [0.05, 0.1) is 18.3 Å². The molecule has 1 amide bonds. The van der Waals surface area contributed by atoms with E-state index in [0.29, 0.717) is 32.5 Å². The van der Waals surface area contributed by atoms with Crippen molar-refractivity contribution in [2.45, 2.75) is 32.7 Å². The summed E-state index contributed by atoms with van der Waals surface area (Å²) in [5.41, 5.74) is 0. The summed E-state index contributed by atoms with van der Waals surface area (Å²) in [7, 11) is -1.67. The molecule has 0 aromatic carbocycles. The number of esters is 1. The molecule has 23 heavy (non-hydrogen) atoms. The second-order valence-electron chi connectivity index (χ2n) is 5.61. The van der Waals surface area contributed by atoms with Gasteiger partial charge >= 0.3 is 5.97 Å². The number of hydrogen-bond donors (Lipinski definition) is 1. The molecule has 0 radical (unpaired) electrons. The summed E-state index contributed by atoms with van der Waals surface area (Å²) < 4.78 is 34.8. The van der Waals surface area contributed by atoms with E-state index in [1.54, 1.807) is 13.8 Å². The van der Waals surface area contributed by atoms with Gasteiger partial charge in [0.25, 0.3) is 5.91 Å². The van der Waals surface area contributed by atoms with Crippen LogP contribution in [0.1, 0.15) is 26.7 Å². The molecule has 0 aromatic heterocycles. The molecule has 1 N–H and O–H groups in total. The molecule has 0 saturated carbocycles. The van der Waals surface area contributed by atoms with Crippen LogP contribution >= 0.6 is 0 Å². The Labute approximate surface area is 137 Å². The lowest BCUT2D eigenvalue weighted by Crippen LogP contribution is -2.42. The van der Waals surface area contributed by atoms with E-state index in [1.165, 1.54) is 11.4 Å². The van der Waals surface area contributed by atoms with E-state index in [1.807, 2.05) is 0 Å². The first kappa shape index (κ1) is 19.9. The molecular weight excluding hydrogens is 324 g/mol. The summed E-state index contributed by atoms with van der Waals surface area (Å²) in [6.07, 6.45) is 0.833. The lowest BCUT2D eigenvalue weighted by Gasteiger charge is -2.29. The van der Waals surface area contributed by atoms with E-state index in [2.05, 4.69) is 5.32 Å². The van der Waals surface area contributed by atoms with E-state index in [-0.39, 0.29) is 30.2 Å². The van der Waals surface area contributed by atoms with Crippen LogP contribution in [0.2, 0.25) is 0 Å². The van der Waals surface area contributed by atoms with Gasteiger partial charge in [0.2, 0.25) is 10.0 Å². The van der Waals surface area contributed by atoms with Gasteiger partial charge in [0, 0.05) is 26.2 Å². The summed E-state index contributed by atoms with van der Waals surface area (Å²) >= 11 is 0. The molecule has 1 unspecified atom stereocenters. The highest BCUT2D eigenvalue weighted by Crippen LogP contribution is 2.21. The number of carbonyl (C=O) groups excluding carboxylic acids is 2. The van der Waals surface area contributed by atoms with Crippen LogP contribution in [0.3, 0.4) is 0 Å². The predicted octanol–water partition coefficient (Wildman–Crippen LogP) is -0.258. The van der Waals surface area contributed by atoms with Gasteiger partial charge in [0.1, 0.15) is 0 Å². The average Bonchev–Trinajstić information content (AvgIpc) is 2.53. The summed E-state index contributed by atoms with van der Waals surface area (Å²) in [5, 5.41) is 2.64. The standard InChI is InChI=1S/C14H26N2O6S/c1-4-23(19,20)16-7-5-12(6-8-16)14(18)22-10-13(17)15-11(2)9-21-3/h11-12H,4-10H2,1-3H3,(H,15,17). The number of amides is 1. The molecule has 1 atom stereocenters. The summed E-state index contributed by atoms with van der Waals surface area (Å²) in [4.78, 5) is 23.6. The van der Waals surface area contributed by atoms with E-state index in [4.69, 9.17) is 9.47 Å². The lowest BCUT2D eigenvalue weighted by atomic mass is 9.98. The van der Waals surface area contributed by atoms with Crippen LogP contribution in [0.4, 0.5) is 0 Å². The van der Waals surface area contributed by atoms with Crippen LogP contribution in [-0.4, -0.2) is 69.8 Å². The van der Waals surface area contributed by atoms with Crippen molar-refractivity contribution < 1.29 is 27.5 Å². The van der Waals surface area contributed by atoms with Gasteiger partial charge in [-0.1, -0.05) is 0 Å². The van der Waals surface area contributed by atoms with Crippen molar-refractivity contribution in [3.8, 4) is 0 Å². The van der Waals surface area contributed by atoms with Gasteiger partial charge in [-0.25, -0.2) is 12.7 Å². The highest BCUT2D eigenvalue weighted by Gasteiger charge is 2.31. The Kier molecular flexibility index (Phi) is 7.93. The smallest absolute Gasteiger partial charge is 0.309 e. The molecule has 1 heterocycles. The third kappa shape index (κ3) is 6.44. The van der Waals surface area contributed by atoms with Crippen molar-refractivity contribution in [2.75, 3.05) is 39.2 Å². The quantitative estimate of drug-likeness (QED) is 0.605. The second kappa shape index (κ2) is 9.19. The van der Waals surface area contributed by atoms with E-state index in [0.717, 1.165) is 0 Å². The number of methoxy groups -OCH3 is 1. The Balaban J connectivity index is 2.33. The molecule has 9 heteroatoms. The summed E-state index contributed by atoms with van der Waals surface area (Å²) in [5.74, 6) is -1.13. The predicted molar refractivity (Wildman–Crippen MR) is 84.2 cm³/mol. The normalized spacial score (nSPS) is 18.4. The first-order valence-corrected chi connectivity index (χ1v) is 9.33. The number of rotatable bonds is 8. The Hall–Kier alpha value is -1.19. The summed E-state index contributed by atoms with van der Waals surface area (Å²) in [6.45, 7) is 4.05. The topological polar surface area (TPSA) is 102 Å². The largest absolute Gasteiger partial charge is 0.455 e. The third-order valence-electron chi connectivity index (χ3n) is 3.72. The molecule has 134 valence electrons. The minimum absolute atomic E-state index is 0.0575. The van der Waals surface area contributed by atoms with Gasteiger partial charge in [-0.2, -0.15) is 0 Å². The SMILES string of the molecule is CCS(=O)(=O)N1CCC(C(=O)OCC(=O)NC(C)COC)CC1. The maximum atomic E-state index is 11.9. The molecule has 0 aliphatic carbocycles. The molecule has 1 aliphatic rings. The zero-order valence-electron chi connectivity index (χ0n) is 13.9. The Morgan fingerprint density at radius 2 is 1.91 bits per heavy atom. The van der Waals surface area contributed by atoms with E-state index in [9.17, 15) is 18.0 Å². The van der Waals surface area contributed by atoms with Crippen molar-refractivity contribution in [3.05, 3.63) is 0 Å². The number of nitrogens with zero attached hydrogens (tertiary/aromatic N) is 1. The first-order chi connectivity index (χ1) is 10.8. The first-order valence-electron chi connectivity index (χ1n) is 7.73. The third-order valence-corrected chi connectivity index (χ3v) is 5.60. The molecule has 0 bridgehead atoms. The van der Waals surface area contributed by atoms with Crippen LogP contribution in [-0.2, 0) is 29.1 Å². The summed E-state index contributed by atoms with van der Waals surface area (Å²) in [6, 6.07) is -0.159. The van der Waals surface area contributed by atoms with Gasteiger partial charge in [-0.3, -0.25) is 9.59 Å². The van der Waals surface area contributed by atoms with Crippen molar-refractivity contribution in [1.82, 2.24) is 9.62 Å². The maximum Gasteiger partial charge on any atom is 0.309 e. The molecular formula is C14H26N2O6S. The zero-order valence-corrected chi connectivity index (χ0v) is 14.7. The van der Waals surface area contributed by atoms with Crippen molar-refractivity contribution >= 4 is 21.9 Å². The van der Waals surface area contributed by atoms with Crippen LogP contribution < -0.4 is 5.32 Å². The number of carbonyl (C=O) groups is 2. The second-order valence-corrected chi connectivity index (χ2v) is 7.86. The fraction of sp³-hybridized carbons (Fsp3) is 0.857. The average molecular weight is 350 g/mol. The van der Waals surface area contributed by atoms with Gasteiger partial charge < -0.3 is 14.8 Å². The highest BCUT2D eigenvalue weighted by molar-refractivity contribution is 7.89.